The number of nitrogens with zero attached hydrogens (tertiary/aromatic N) is 1. The molecule has 0 bridgehead atoms. The molecule has 1 unspecified atom stereocenters. The number of piperidine rings is 1. The second kappa shape index (κ2) is 7.29. The van der Waals surface area contributed by atoms with E-state index in [-0.39, 0.29) is 12.3 Å². The van der Waals surface area contributed by atoms with Crippen LogP contribution >= 0.6 is 0 Å². The van der Waals surface area contributed by atoms with Crippen molar-refractivity contribution in [2.24, 2.45) is 5.92 Å². The van der Waals surface area contributed by atoms with Crippen LogP contribution in [0.15, 0.2) is 23.9 Å². The van der Waals surface area contributed by atoms with Crippen molar-refractivity contribution in [2.45, 2.75) is 52.4 Å². The minimum Gasteiger partial charge on any atom is -0.443 e. The van der Waals surface area contributed by atoms with Crippen molar-refractivity contribution >= 4 is 6.09 Å². The Morgan fingerprint density at radius 3 is 2.64 bits per heavy atom. The van der Waals surface area contributed by atoms with Gasteiger partial charge in [0.2, 0.25) is 0 Å². The van der Waals surface area contributed by atoms with Crippen molar-refractivity contribution in [1.82, 2.24) is 10.2 Å². The summed E-state index contributed by atoms with van der Waals surface area (Å²) in [4.78, 5) is 14.0. The maximum atomic E-state index is 12.5. The van der Waals surface area contributed by atoms with Crippen LogP contribution in [0.2, 0.25) is 0 Å². The van der Waals surface area contributed by atoms with Crippen LogP contribution in [0.25, 0.3) is 0 Å². The van der Waals surface area contributed by atoms with Crippen LogP contribution in [0.5, 0.6) is 0 Å². The van der Waals surface area contributed by atoms with E-state index in [1.165, 1.54) is 5.57 Å². The van der Waals surface area contributed by atoms with Crippen molar-refractivity contribution in [3.05, 3.63) is 23.9 Å². The second-order valence-electron chi connectivity index (χ2n) is 6.75. The third kappa shape index (κ3) is 4.58. The quantitative estimate of drug-likeness (QED) is 0.870. The van der Waals surface area contributed by atoms with Gasteiger partial charge in [0.25, 0.3) is 0 Å². The van der Waals surface area contributed by atoms with Crippen molar-refractivity contribution in [3.8, 4) is 0 Å². The van der Waals surface area contributed by atoms with E-state index >= 15 is 0 Å². The third-order valence-corrected chi connectivity index (χ3v) is 3.77. The zero-order valence-corrected chi connectivity index (χ0v) is 14.1. The highest BCUT2D eigenvalue weighted by Gasteiger charge is 2.30. The van der Waals surface area contributed by atoms with E-state index in [9.17, 15) is 4.79 Å². The van der Waals surface area contributed by atoms with Crippen molar-refractivity contribution in [2.75, 3.05) is 19.7 Å². The normalized spacial score (nSPS) is 23.4. The molecule has 5 nitrogen and oxygen atoms in total. The fourth-order valence-corrected chi connectivity index (χ4v) is 2.74. The maximum Gasteiger partial charge on any atom is 0.416 e. The van der Waals surface area contributed by atoms with E-state index < -0.39 is 5.60 Å². The molecule has 0 saturated carbocycles. The zero-order valence-electron chi connectivity index (χ0n) is 14.1. The molecule has 0 spiro atoms. The van der Waals surface area contributed by atoms with Crippen molar-refractivity contribution < 1.29 is 14.3 Å². The first-order chi connectivity index (χ1) is 10.4. The van der Waals surface area contributed by atoms with Crippen LogP contribution in [-0.2, 0) is 9.47 Å². The number of nitrogens with one attached hydrogen (secondary N) is 1. The Bertz CT molecular complexity index is 445. The van der Waals surface area contributed by atoms with Gasteiger partial charge in [0.1, 0.15) is 5.60 Å². The Kier molecular flexibility index (Phi) is 5.64. The van der Waals surface area contributed by atoms with Gasteiger partial charge in [-0.15, -0.1) is 0 Å². The first-order valence-corrected chi connectivity index (χ1v) is 8.14. The van der Waals surface area contributed by atoms with E-state index in [0.717, 1.165) is 25.9 Å². The molecule has 124 valence electrons. The van der Waals surface area contributed by atoms with Gasteiger partial charge in [-0.05, 0) is 71.2 Å². The molecular formula is C17H28N2O3. The Labute approximate surface area is 133 Å². The molecule has 1 amide bonds. The molecular weight excluding hydrogens is 280 g/mol. The molecule has 0 aromatic rings. The van der Waals surface area contributed by atoms with Gasteiger partial charge in [-0.3, -0.25) is 4.90 Å². The number of hydrogen-bond acceptors (Lipinski definition) is 4. The minimum absolute atomic E-state index is 0.360. The summed E-state index contributed by atoms with van der Waals surface area (Å²) >= 11 is 0. The summed E-state index contributed by atoms with van der Waals surface area (Å²) in [7, 11) is 0. The van der Waals surface area contributed by atoms with Gasteiger partial charge in [-0.1, -0.05) is 6.08 Å². The average Bonchev–Trinajstić information content (AvgIpc) is 2.47. The summed E-state index contributed by atoms with van der Waals surface area (Å²) in [5.41, 5.74) is 0.668. The van der Waals surface area contributed by atoms with Crippen LogP contribution < -0.4 is 5.32 Å². The molecule has 2 aliphatic rings. The van der Waals surface area contributed by atoms with Crippen molar-refractivity contribution in [1.29, 1.82) is 0 Å². The molecule has 1 saturated heterocycles. The summed E-state index contributed by atoms with van der Waals surface area (Å²) in [6, 6.07) is 0. The zero-order chi connectivity index (χ0) is 16.2. The highest BCUT2D eigenvalue weighted by atomic mass is 16.6. The number of ether oxygens (including phenoxy) is 2. The minimum atomic E-state index is -0.516. The van der Waals surface area contributed by atoms with Gasteiger partial charge in [-0.25, -0.2) is 4.79 Å². The molecule has 1 N–H and O–H groups in total. The van der Waals surface area contributed by atoms with Crippen LogP contribution in [0.1, 0.15) is 40.5 Å². The van der Waals surface area contributed by atoms with E-state index in [0.29, 0.717) is 12.5 Å². The van der Waals surface area contributed by atoms with Gasteiger partial charge < -0.3 is 14.8 Å². The van der Waals surface area contributed by atoms with Gasteiger partial charge in [0.05, 0.1) is 0 Å². The largest absolute Gasteiger partial charge is 0.443 e. The van der Waals surface area contributed by atoms with Crippen LogP contribution in [-0.4, -0.2) is 42.5 Å². The fraction of sp³-hybridized carbons (Fsp3) is 0.706. The molecule has 5 heteroatoms. The molecule has 0 radical (unpaired) electrons. The fourth-order valence-electron chi connectivity index (χ4n) is 2.74. The summed E-state index contributed by atoms with van der Waals surface area (Å²) in [5, 5.41) is 3.37. The number of rotatable bonds is 3. The monoisotopic (exact) mass is 308 g/mol. The molecule has 1 fully saturated rings. The van der Waals surface area contributed by atoms with E-state index in [2.05, 4.69) is 11.4 Å². The highest BCUT2D eigenvalue weighted by molar-refractivity contribution is 5.70. The predicted octanol–water partition coefficient (Wildman–Crippen LogP) is 3.04. The van der Waals surface area contributed by atoms with E-state index in [4.69, 9.17) is 9.47 Å². The lowest BCUT2D eigenvalue weighted by Gasteiger charge is -2.34. The van der Waals surface area contributed by atoms with Gasteiger partial charge in [-0.2, -0.15) is 0 Å². The number of carbonyl (C=O) groups excluding carboxylic acids is 1. The highest BCUT2D eigenvalue weighted by Crippen LogP contribution is 2.28. The van der Waals surface area contributed by atoms with Gasteiger partial charge >= 0.3 is 6.09 Å². The van der Waals surface area contributed by atoms with Crippen molar-refractivity contribution in [3.63, 3.8) is 0 Å². The Hall–Kier alpha value is -1.33. The molecule has 22 heavy (non-hydrogen) atoms. The summed E-state index contributed by atoms with van der Waals surface area (Å²) in [5.74, 6) is 0.491. The topological polar surface area (TPSA) is 50.8 Å². The molecule has 2 aliphatic heterocycles. The number of hydrogen-bond donors (Lipinski definition) is 1. The first-order valence-electron chi connectivity index (χ1n) is 8.14. The summed E-state index contributed by atoms with van der Waals surface area (Å²) in [6.07, 6.45) is 7.40. The SMILES string of the molecule is CCOC1C=CC(C2CCNCC2)=CN1C(=O)OC(C)(C)C. The van der Waals surface area contributed by atoms with Crippen LogP contribution in [0.3, 0.4) is 0 Å². The van der Waals surface area contributed by atoms with Gasteiger partial charge in [0, 0.05) is 12.8 Å². The standard InChI is InChI=1S/C17H28N2O3/c1-5-21-15-7-6-14(13-8-10-18-11-9-13)12-19(15)16(20)22-17(2,3)4/h6-7,12-13,15,18H,5,8-11H2,1-4H3. The van der Waals surface area contributed by atoms with E-state index in [1.54, 1.807) is 4.90 Å². The van der Waals surface area contributed by atoms with E-state index in [1.807, 2.05) is 40.0 Å². The maximum absolute atomic E-state index is 12.5. The summed E-state index contributed by atoms with van der Waals surface area (Å²) < 4.78 is 11.2. The number of amides is 1. The smallest absolute Gasteiger partial charge is 0.416 e. The first kappa shape index (κ1) is 17.0. The molecule has 0 aromatic heterocycles. The molecule has 2 rings (SSSR count). The van der Waals surface area contributed by atoms with Crippen LogP contribution in [0, 0.1) is 5.92 Å². The summed E-state index contributed by atoms with van der Waals surface area (Å²) in [6.45, 7) is 10.1. The lowest BCUT2D eigenvalue weighted by molar-refractivity contribution is -0.0254. The average molecular weight is 308 g/mol. The number of allylic oxidation sites excluding steroid dienone is 2. The number of carbonyl (C=O) groups is 1. The molecule has 0 aromatic carbocycles. The molecule has 0 aliphatic carbocycles. The second-order valence-corrected chi connectivity index (χ2v) is 6.75. The Morgan fingerprint density at radius 2 is 2.05 bits per heavy atom. The molecule has 1 atom stereocenters. The van der Waals surface area contributed by atoms with Gasteiger partial charge in [0.15, 0.2) is 6.23 Å². The third-order valence-electron chi connectivity index (χ3n) is 3.77. The lowest BCUT2D eigenvalue weighted by atomic mass is 9.89. The Morgan fingerprint density at radius 1 is 1.36 bits per heavy atom. The van der Waals surface area contributed by atoms with Crippen LogP contribution in [0.4, 0.5) is 4.79 Å². The predicted molar refractivity (Wildman–Crippen MR) is 86.3 cm³/mol. The molecule has 2 heterocycles. The Balaban J connectivity index is 2.14. The lowest BCUT2D eigenvalue weighted by Crippen LogP contribution is -2.42.